The molecule has 0 heterocycles. The number of rotatable bonds is 6. The minimum atomic E-state index is -1.20. The first-order valence-corrected chi connectivity index (χ1v) is 8.52. The largest absolute Gasteiger partial charge is 0.908 e. The Morgan fingerprint density at radius 1 is 0.952 bits per heavy atom. The summed E-state index contributed by atoms with van der Waals surface area (Å²) in [5, 5.41) is 25.1. The standard InChI is InChI=1S/2C4H8BrNO2.C4H9N/c2*5-2-1-3-6-4(7)8;1-4(2,3)5/h2*6H,1-3H2,(H,7,8);1-3H3/q;;+2/p-2. The third-order valence-electron chi connectivity index (χ3n) is 1.16. The molecule has 0 aromatic rings. The van der Waals surface area contributed by atoms with Gasteiger partial charge in [-0.1, -0.05) is 31.9 Å². The van der Waals surface area contributed by atoms with E-state index in [0.717, 1.165) is 23.5 Å². The van der Waals surface area contributed by atoms with E-state index in [9.17, 15) is 19.8 Å². The molecular weight excluding hydrogens is 410 g/mol. The first-order chi connectivity index (χ1) is 9.54. The van der Waals surface area contributed by atoms with E-state index in [1.165, 1.54) is 0 Å². The van der Waals surface area contributed by atoms with E-state index in [1.807, 2.05) is 0 Å². The van der Waals surface area contributed by atoms with E-state index in [0.29, 0.717) is 13.1 Å². The average Bonchev–Trinajstić information content (AvgIpc) is 2.27. The molecule has 0 aromatic carbocycles. The van der Waals surface area contributed by atoms with Crippen LogP contribution in [0.1, 0.15) is 33.6 Å². The summed E-state index contributed by atoms with van der Waals surface area (Å²) in [6, 6.07) is 0. The number of carbonyl (C=O) groups excluding carboxylic acids is 2. The molecule has 0 unspecified atom stereocenters. The van der Waals surface area contributed by atoms with Gasteiger partial charge in [-0.15, -0.1) is 0 Å². The second-order valence-electron chi connectivity index (χ2n) is 4.68. The van der Waals surface area contributed by atoms with Crippen LogP contribution in [-0.4, -0.2) is 41.5 Å². The summed E-state index contributed by atoms with van der Waals surface area (Å²) >= 11 is 6.29. The number of hydrogen-bond acceptors (Lipinski definition) is 4. The summed E-state index contributed by atoms with van der Waals surface area (Å²) in [7, 11) is 0. The molecule has 0 fully saturated rings. The number of nitrogens with one attached hydrogen (secondary N) is 2. The number of halogens is 2. The van der Waals surface area contributed by atoms with Crippen molar-refractivity contribution in [3.63, 3.8) is 0 Å². The minimum absolute atomic E-state index is 0.466. The van der Waals surface area contributed by atoms with Crippen LogP contribution in [0.4, 0.5) is 9.59 Å². The van der Waals surface area contributed by atoms with E-state index < -0.39 is 17.7 Å². The van der Waals surface area contributed by atoms with Crippen LogP contribution in [0.5, 0.6) is 0 Å². The molecule has 0 aliphatic rings. The van der Waals surface area contributed by atoms with Gasteiger partial charge >= 0.3 is 11.3 Å². The Labute approximate surface area is 143 Å². The van der Waals surface area contributed by atoms with Gasteiger partial charge < -0.3 is 30.4 Å². The van der Waals surface area contributed by atoms with Gasteiger partial charge in [-0.05, 0) is 12.8 Å². The topological polar surface area (TPSA) is 127 Å². The lowest BCUT2D eigenvalue weighted by molar-refractivity contribution is -0.251. The number of nitrogens with zero attached hydrogens (tertiary/aromatic N) is 1. The molecule has 21 heavy (non-hydrogen) atoms. The fourth-order valence-corrected chi connectivity index (χ4v) is 1.08. The van der Waals surface area contributed by atoms with Crippen LogP contribution in [0, 0.1) is 0 Å². The minimum Gasteiger partial charge on any atom is -0.530 e. The molecule has 9 heteroatoms. The number of carboxylic acid groups (broad SMARTS) is 2. The summed E-state index contributed by atoms with van der Waals surface area (Å²) in [6.07, 6.45) is -0.806. The average molecular weight is 433 g/mol. The molecule has 124 valence electrons. The lowest BCUT2D eigenvalue weighted by Crippen LogP contribution is -2.37. The Morgan fingerprint density at radius 2 is 1.19 bits per heavy atom. The molecule has 2 N–H and O–H groups in total. The number of alkyl halides is 2. The molecular formula is C12H23Br2N3O4. The first-order valence-electron chi connectivity index (χ1n) is 6.28. The second-order valence-corrected chi connectivity index (χ2v) is 6.27. The summed E-state index contributed by atoms with van der Waals surface area (Å²) < 4.78 is 0. The summed E-state index contributed by atoms with van der Waals surface area (Å²) in [5.41, 5.74) is 8.02. The molecule has 0 bridgehead atoms. The molecule has 0 aromatic heterocycles. The van der Waals surface area contributed by atoms with Gasteiger partial charge in [-0.3, -0.25) is 0 Å². The van der Waals surface area contributed by atoms with Gasteiger partial charge in [0, 0.05) is 23.7 Å². The maximum absolute atomic E-state index is 9.64. The highest BCUT2D eigenvalue weighted by molar-refractivity contribution is 9.09. The zero-order valence-corrected chi connectivity index (χ0v) is 15.8. The van der Waals surface area contributed by atoms with Crippen LogP contribution >= 0.6 is 31.9 Å². The molecule has 7 nitrogen and oxygen atoms in total. The summed E-state index contributed by atoms with van der Waals surface area (Å²) in [5.74, 6) is 0. The fourth-order valence-electron chi connectivity index (χ4n) is 0.515. The van der Waals surface area contributed by atoms with Crippen LogP contribution in [0.2, 0.25) is 0 Å². The van der Waals surface area contributed by atoms with E-state index in [-0.39, 0.29) is 0 Å². The smallest absolute Gasteiger partial charge is 0.530 e. The zero-order valence-electron chi connectivity index (χ0n) is 12.6. The van der Waals surface area contributed by atoms with E-state index >= 15 is 0 Å². The van der Waals surface area contributed by atoms with E-state index in [2.05, 4.69) is 42.5 Å². The van der Waals surface area contributed by atoms with Crippen molar-refractivity contribution in [3.8, 4) is 0 Å². The fraction of sp³-hybridized carbons (Fsp3) is 0.833. The van der Waals surface area contributed by atoms with Crippen molar-refractivity contribution >= 4 is 44.0 Å². The van der Waals surface area contributed by atoms with Crippen molar-refractivity contribution in [2.45, 2.75) is 39.2 Å². The predicted molar refractivity (Wildman–Crippen MR) is 85.5 cm³/mol. The molecule has 0 atom stereocenters. The maximum atomic E-state index is 9.64. The van der Waals surface area contributed by atoms with Gasteiger partial charge in [0.25, 0.3) is 0 Å². The Morgan fingerprint density at radius 3 is 1.33 bits per heavy atom. The lowest BCUT2D eigenvalue weighted by atomic mass is 10.1. The van der Waals surface area contributed by atoms with Crippen LogP contribution in [0.3, 0.4) is 0 Å². The molecule has 0 rings (SSSR count). The second kappa shape index (κ2) is 17.4. The number of carbonyl (C=O) groups is 2. The summed E-state index contributed by atoms with van der Waals surface area (Å²) in [6.45, 7) is 6.16. The first kappa shape index (κ1) is 25.3. The quantitative estimate of drug-likeness (QED) is 0.461. The Hall–Kier alpha value is -0.700. The zero-order chi connectivity index (χ0) is 17.3. The van der Waals surface area contributed by atoms with Crippen molar-refractivity contribution in [1.82, 2.24) is 16.4 Å². The van der Waals surface area contributed by atoms with Crippen LogP contribution in [0.25, 0.3) is 0 Å². The number of amides is 2. The Bertz CT molecular complexity index is 235. The molecule has 0 aliphatic heterocycles. The molecule has 0 saturated heterocycles. The normalized spacial score (nSPS) is 9.38. The van der Waals surface area contributed by atoms with Gasteiger partial charge in [-0.25, -0.2) is 0 Å². The highest BCUT2D eigenvalue weighted by atomic mass is 79.9. The van der Waals surface area contributed by atoms with Gasteiger partial charge in [0.15, 0.2) is 0 Å². The monoisotopic (exact) mass is 431 g/mol. The van der Waals surface area contributed by atoms with Crippen LogP contribution < -0.4 is 26.6 Å². The molecule has 0 aliphatic carbocycles. The third kappa shape index (κ3) is 66.8. The van der Waals surface area contributed by atoms with Crippen LogP contribution in [-0.2, 0) is 0 Å². The van der Waals surface area contributed by atoms with Gasteiger partial charge in [0.2, 0.25) is 0 Å². The van der Waals surface area contributed by atoms with Gasteiger partial charge in [0.1, 0.15) is 12.2 Å². The Balaban J connectivity index is -0.000000239. The maximum Gasteiger partial charge on any atom is 0.908 e. The highest BCUT2D eigenvalue weighted by Gasteiger charge is 2.45. The molecule has 2 radical (unpaired) electrons. The Kier molecular flexibility index (Phi) is 20.9. The SMILES string of the molecule is CC(C)(C)[N+2].O=C([O-])NCCCBr.O=C([O-])NCCCBr. The molecule has 0 spiro atoms. The highest BCUT2D eigenvalue weighted by Crippen LogP contribution is 1.91. The molecule has 0 saturated carbocycles. The predicted octanol–water partition coefficient (Wildman–Crippen LogP) is 0.262. The van der Waals surface area contributed by atoms with Crippen molar-refractivity contribution in [2.75, 3.05) is 23.7 Å². The van der Waals surface area contributed by atoms with Gasteiger partial charge in [-0.2, -0.15) is 0 Å². The van der Waals surface area contributed by atoms with Crippen molar-refractivity contribution in [2.24, 2.45) is 0 Å². The van der Waals surface area contributed by atoms with Crippen molar-refractivity contribution < 1.29 is 19.8 Å². The third-order valence-corrected chi connectivity index (χ3v) is 2.28. The van der Waals surface area contributed by atoms with Crippen molar-refractivity contribution in [3.05, 3.63) is 0 Å². The van der Waals surface area contributed by atoms with Gasteiger partial charge in [0.05, 0.1) is 20.8 Å². The van der Waals surface area contributed by atoms with E-state index in [1.54, 1.807) is 20.8 Å². The lowest BCUT2D eigenvalue weighted by Gasteiger charge is -2.02. The van der Waals surface area contributed by atoms with E-state index in [4.69, 9.17) is 5.73 Å². The van der Waals surface area contributed by atoms with Crippen LogP contribution in [0.15, 0.2) is 0 Å². The molecule has 2 amide bonds. The summed E-state index contributed by atoms with van der Waals surface area (Å²) in [4.78, 5) is 19.3. The number of hydrogen-bond donors (Lipinski definition) is 2. The van der Waals surface area contributed by atoms with Crippen molar-refractivity contribution in [1.29, 1.82) is 0 Å².